The third kappa shape index (κ3) is 2.50. The van der Waals surface area contributed by atoms with Crippen LogP contribution in [0.3, 0.4) is 0 Å². The molecular formula is C19H16INO4. The second-order valence-electron chi connectivity index (χ2n) is 6.07. The zero-order valence-corrected chi connectivity index (χ0v) is 15.6. The Morgan fingerprint density at radius 3 is 2.40 bits per heavy atom. The molecule has 2 bridgehead atoms. The van der Waals surface area contributed by atoms with Gasteiger partial charge in [-0.1, -0.05) is 77.2 Å². The lowest BCUT2D eigenvalue weighted by Crippen LogP contribution is -2.57. The molecule has 0 radical (unpaired) electrons. The average molecular weight is 449 g/mol. The van der Waals surface area contributed by atoms with Crippen LogP contribution in [0.15, 0.2) is 54.6 Å². The van der Waals surface area contributed by atoms with Crippen molar-refractivity contribution in [1.82, 2.24) is 4.90 Å². The molecule has 0 aliphatic carbocycles. The first kappa shape index (κ1) is 16.4. The number of alkyl halides is 1. The Morgan fingerprint density at radius 1 is 1.08 bits per heavy atom. The van der Waals surface area contributed by atoms with Gasteiger partial charge in [-0.05, 0) is 16.7 Å². The molecular weight excluding hydrogens is 433 g/mol. The second-order valence-corrected chi connectivity index (χ2v) is 7.41. The van der Waals surface area contributed by atoms with E-state index in [9.17, 15) is 9.59 Å². The third-order valence-electron chi connectivity index (χ3n) is 4.79. The molecule has 4 rings (SSSR count). The molecule has 2 aliphatic rings. The van der Waals surface area contributed by atoms with Gasteiger partial charge in [-0.2, -0.15) is 0 Å². The van der Waals surface area contributed by atoms with Crippen molar-refractivity contribution in [2.45, 2.75) is 22.1 Å². The largest absolute Gasteiger partial charge is 0.453 e. The first-order valence-electron chi connectivity index (χ1n) is 7.98. The number of esters is 1. The SMILES string of the molecule is COC(=O)N1[C@@H]2OC(=O)[C@H](c3ccccc3)[C@H]1c1ccccc1[C@@H]2I. The molecule has 1 fully saturated rings. The summed E-state index contributed by atoms with van der Waals surface area (Å²) in [6.45, 7) is 0. The maximum atomic E-state index is 12.8. The first-order chi connectivity index (χ1) is 12.1. The number of carbonyl (C=O) groups excluding carboxylic acids is 2. The number of nitrogens with zero attached hydrogens (tertiary/aromatic N) is 1. The Labute approximate surface area is 159 Å². The molecule has 2 heterocycles. The summed E-state index contributed by atoms with van der Waals surface area (Å²) in [5.74, 6) is -0.890. The van der Waals surface area contributed by atoms with Crippen molar-refractivity contribution >= 4 is 34.7 Å². The van der Waals surface area contributed by atoms with E-state index in [1.165, 1.54) is 7.11 Å². The Hall–Kier alpha value is -2.09. The van der Waals surface area contributed by atoms with Gasteiger partial charge >= 0.3 is 12.1 Å². The lowest BCUT2D eigenvalue weighted by atomic mass is 9.79. The summed E-state index contributed by atoms with van der Waals surface area (Å²) in [5.41, 5.74) is 2.88. The van der Waals surface area contributed by atoms with Crippen LogP contribution in [0.4, 0.5) is 4.79 Å². The highest BCUT2D eigenvalue weighted by atomic mass is 127. The fourth-order valence-electron chi connectivity index (χ4n) is 3.71. The van der Waals surface area contributed by atoms with Crippen LogP contribution < -0.4 is 0 Å². The van der Waals surface area contributed by atoms with Gasteiger partial charge in [-0.15, -0.1) is 0 Å². The summed E-state index contributed by atoms with van der Waals surface area (Å²) >= 11 is 2.22. The number of carbonyl (C=O) groups is 2. The second kappa shape index (κ2) is 6.33. The van der Waals surface area contributed by atoms with Crippen LogP contribution in [-0.2, 0) is 14.3 Å². The fourth-order valence-corrected chi connectivity index (χ4v) is 4.77. The molecule has 25 heavy (non-hydrogen) atoms. The van der Waals surface area contributed by atoms with Crippen molar-refractivity contribution in [3.63, 3.8) is 0 Å². The lowest BCUT2D eigenvalue weighted by Gasteiger charge is -2.50. The van der Waals surface area contributed by atoms with Crippen molar-refractivity contribution in [3.05, 3.63) is 71.3 Å². The Balaban J connectivity index is 1.93. The molecule has 0 N–H and O–H groups in total. The number of methoxy groups -OCH3 is 1. The molecule has 2 aliphatic heterocycles. The minimum Gasteiger partial charge on any atom is -0.453 e. The molecule has 1 amide bonds. The van der Waals surface area contributed by atoms with E-state index < -0.39 is 24.3 Å². The van der Waals surface area contributed by atoms with E-state index in [0.717, 1.165) is 16.7 Å². The molecule has 4 atom stereocenters. The zero-order valence-electron chi connectivity index (χ0n) is 13.5. The normalized spacial score (nSPS) is 27.3. The number of halogens is 1. The highest BCUT2D eigenvalue weighted by molar-refractivity contribution is 14.1. The molecule has 1 saturated heterocycles. The molecule has 6 heteroatoms. The Morgan fingerprint density at radius 2 is 1.72 bits per heavy atom. The number of hydrogen-bond acceptors (Lipinski definition) is 4. The number of amides is 1. The van der Waals surface area contributed by atoms with Crippen LogP contribution in [0.2, 0.25) is 0 Å². The summed E-state index contributed by atoms with van der Waals surface area (Å²) in [4.78, 5) is 26.9. The monoisotopic (exact) mass is 449 g/mol. The molecule has 0 aromatic heterocycles. The van der Waals surface area contributed by atoms with E-state index in [2.05, 4.69) is 22.6 Å². The van der Waals surface area contributed by atoms with E-state index in [4.69, 9.17) is 9.47 Å². The van der Waals surface area contributed by atoms with Gasteiger partial charge in [0.1, 0.15) is 5.92 Å². The van der Waals surface area contributed by atoms with Gasteiger partial charge in [-0.3, -0.25) is 9.69 Å². The highest BCUT2D eigenvalue weighted by Crippen LogP contribution is 2.52. The molecule has 0 unspecified atom stereocenters. The molecule has 0 saturated carbocycles. The van der Waals surface area contributed by atoms with Gasteiger partial charge in [0.15, 0.2) is 6.23 Å². The van der Waals surface area contributed by atoms with Crippen molar-refractivity contribution in [2.75, 3.05) is 7.11 Å². The fraction of sp³-hybridized carbons (Fsp3) is 0.263. The third-order valence-corrected chi connectivity index (χ3v) is 6.07. The molecule has 0 spiro atoms. The predicted molar refractivity (Wildman–Crippen MR) is 99.3 cm³/mol. The molecule has 2 aromatic carbocycles. The van der Waals surface area contributed by atoms with E-state index in [1.54, 1.807) is 4.90 Å². The van der Waals surface area contributed by atoms with Crippen molar-refractivity contribution in [3.8, 4) is 0 Å². The van der Waals surface area contributed by atoms with Crippen molar-refractivity contribution in [1.29, 1.82) is 0 Å². The van der Waals surface area contributed by atoms with Gasteiger partial charge in [0, 0.05) is 0 Å². The predicted octanol–water partition coefficient (Wildman–Crippen LogP) is 3.95. The zero-order chi connectivity index (χ0) is 17.6. The van der Waals surface area contributed by atoms with Gasteiger partial charge in [0.25, 0.3) is 0 Å². The van der Waals surface area contributed by atoms with Crippen molar-refractivity contribution in [2.24, 2.45) is 0 Å². The summed E-state index contributed by atoms with van der Waals surface area (Å²) < 4.78 is 10.6. The Bertz CT molecular complexity index is 825. The van der Waals surface area contributed by atoms with Gasteiger partial charge in [0.2, 0.25) is 0 Å². The molecule has 5 nitrogen and oxygen atoms in total. The maximum absolute atomic E-state index is 12.8. The van der Waals surface area contributed by atoms with Crippen LogP contribution in [0.25, 0.3) is 0 Å². The van der Waals surface area contributed by atoms with Gasteiger partial charge in [-0.25, -0.2) is 4.79 Å². The van der Waals surface area contributed by atoms with E-state index in [-0.39, 0.29) is 9.89 Å². The van der Waals surface area contributed by atoms with Crippen molar-refractivity contribution < 1.29 is 19.1 Å². The standard InChI is InChI=1S/C19H16INO4/c1-24-19(23)21-16-13-10-6-5-9-12(13)15(20)17(21)25-18(22)14(16)11-7-3-2-4-8-11/h2-10,14-17H,1H3/t14-,15+,16-,17-/m1/s1. The van der Waals surface area contributed by atoms with E-state index in [1.807, 2.05) is 54.6 Å². The number of benzene rings is 2. The number of rotatable bonds is 1. The maximum Gasteiger partial charge on any atom is 0.412 e. The highest BCUT2D eigenvalue weighted by Gasteiger charge is 2.54. The molecule has 2 aromatic rings. The number of ether oxygens (including phenoxy) is 2. The number of fused-ring (bicyclic) bond motifs is 4. The smallest absolute Gasteiger partial charge is 0.412 e. The lowest BCUT2D eigenvalue weighted by molar-refractivity contribution is -0.178. The summed E-state index contributed by atoms with van der Waals surface area (Å²) in [6, 6.07) is 16.9. The summed E-state index contributed by atoms with van der Waals surface area (Å²) in [7, 11) is 1.35. The van der Waals surface area contributed by atoms with Gasteiger partial charge in [0.05, 0.1) is 17.1 Å². The quantitative estimate of drug-likeness (QED) is 0.376. The molecule has 128 valence electrons. The van der Waals surface area contributed by atoms with Crippen LogP contribution >= 0.6 is 22.6 Å². The first-order valence-corrected chi connectivity index (χ1v) is 9.22. The van der Waals surface area contributed by atoms with Gasteiger partial charge < -0.3 is 9.47 Å². The summed E-state index contributed by atoms with van der Waals surface area (Å²) in [5, 5.41) is 0. The van der Waals surface area contributed by atoms with Crippen LogP contribution in [0.1, 0.15) is 32.6 Å². The van der Waals surface area contributed by atoms with Crippen LogP contribution in [0, 0.1) is 0 Å². The van der Waals surface area contributed by atoms with Crippen LogP contribution in [-0.4, -0.2) is 30.3 Å². The minimum absolute atomic E-state index is 0.148. The number of hydrogen-bond donors (Lipinski definition) is 0. The Kier molecular flexibility index (Phi) is 4.15. The average Bonchev–Trinajstić information content (AvgIpc) is 2.66. The summed E-state index contributed by atoms with van der Waals surface area (Å²) in [6.07, 6.45) is -1.15. The van der Waals surface area contributed by atoms with Crippen LogP contribution in [0.5, 0.6) is 0 Å². The van der Waals surface area contributed by atoms with E-state index >= 15 is 0 Å². The topological polar surface area (TPSA) is 55.8 Å². The minimum atomic E-state index is -0.666. The van der Waals surface area contributed by atoms with E-state index in [0.29, 0.717) is 0 Å².